The van der Waals surface area contributed by atoms with Crippen LogP contribution in [0.1, 0.15) is 55.5 Å². The lowest BCUT2D eigenvalue weighted by molar-refractivity contribution is 0.134. The second-order valence-corrected chi connectivity index (χ2v) is 9.55. The van der Waals surface area contributed by atoms with Crippen molar-refractivity contribution in [2.24, 2.45) is 0 Å². The normalized spacial score (nSPS) is 10.6. The molecule has 0 saturated heterocycles. The maximum absolute atomic E-state index is 5.87. The van der Waals surface area contributed by atoms with Gasteiger partial charge in [0, 0.05) is 43.4 Å². The molecular formula is C31H47N5O3. The third-order valence-corrected chi connectivity index (χ3v) is 6.01. The highest BCUT2D eigenvalue weighted by molar-refractivity contribution is 5.53. The number of unbranched alkanes of at least 4 members (excludes halogenated alkanes) is 1. The SMILES string of the molecule is CCCCNc1nc(N)nc(C)c1Cc1ccc(OCCCN(C)C)cc1OC.CCOCc1ccccc1. The lowest BCUT2D eigenvalue weighted by Gasteiger charge is -2.16. The number of hydrogen-bond acceptors (Lipinski definition) is 8. The van der Waals surface area contributed by atoms with E-state index in [1.54, 1.807) is 7.11 Å². The quantitative estimate of drug-likeness (QED) is 0.237. The molecule has 8 nitrogen and oxygen atoms in total. The molecule has 8 heteroatoms. The van der Waals surface area contributed by atoms with Gasteiger partial charge in [0.1, 0.15) is 17.3 Å². The van der Waals surface area contributed by atoms with Gasteiger partial charge in [0.05, 0.1) is 20.3 Å². The van der Waals surface area contributed by atoms with Gasteiger partial charge < -0.3 is 30.2 Å². The maximum Gasteiger partial charge on any atom is 0.222 e. The fourth-order valence-corrected chi connectivity index (χ4v) is 3.88. The van der Waals surface area contributed by atoms with Crippen LogP contribution in [0.5, 0.6) is 11.5 Å². The molecule has 3 aromatic rings. The van der Waals surface area contributed by atoms with Gasteiger partial charge in [0.25, 0.3) is 0 Å². The average molecular weight is 538 g/mol. The maximum atomic E-state index is 5.87. The van der Waals surface area contributed by atoms with Gasteiger partial charge in [-0.05, 0) is 58.0 Å². The molecule has 1 heterocycles. The Hall–Kier alpha value is -3.36. The number of nitrogen functional groups attached to an aromatic ring is 1. The van der Waals surface area contributed by atoms with Gasteiger partial charge in [-0.2, -0.15) is 4.98 Å². The molecule has 0 unspecified atom stereocenters. The summed E-state index contributed by atoms with van der Waals surface area (Å²) in [5.41, 5.74) is 10.1. The smallest absolute Gasteiger partial charge is 0.222 e. The number of hydrogen-bond donors (Lipinski definition) is 2. The van der Waals surface area contributed by atoms with E-state index in [1.807, 2.05) is 50.2 Å². The second kappa shape index (κ2) is 18.0. The second-order valence-electron chi connectivity index (χ2n) is 9.55. The minimum Gasteiger partial charge on any atom is -0.496 e. The molecule has 3 rings (SSSR count). The van der Waals surface area contributed by atoms with Crippen LogP contribution in [0.2, 0.25) is 0 Å². The first-order valence-electron chi connectivity index (χ1n) is 13.8. The summed E-state index contributed by atoms with van der Waals surface area (Å²) in [5.74, 6) is 2.70. The van der Waals surface area contributed by atoms with Crippen LogP contribution in [-0.4, -0.2) is 62.4 Å². The number of nitrogens with one attached hydrogen (secondary N) is 1. The Morgan fingerprint density at radius 3 is 2.44 bits per heavy atom. The molecular weight excluding hydrogens is 490 g/mol. The summed E-state index contributed by atoms with van der Waals surface area (Å²) >= 11 is 0. The van der Waals surface area contributed by atoms with E-state index in [0.717, 1.165) is 79.7 Å². The largest absolute Gasteiger partial charge is 0.496 e. The third-order valence-electron chi connectivity index (χ3n) is 6.01. The van der Waals surface area contributed by atoms with Gasteiger partial charge in [-0.1, -0.05) is 49.7 Å². The Kier molecular flexibility index (Phi) is 14.7. The van der Waals surface area contributed by atoms with Crippen molar-refractivity contribution in [3.05, 3.63) is 70.9 Å². The zero-order valence-corrected chi connectivity index (χ0v) is 24.6. The minimum absolute atomic E-state index is 0.290. The molecule has 0 atom stereocenters. The van der Waals surface area contributed by atoms with Gasteiger partial charge in [-0.15, -0.1) is 0 Å². The summed E-state index contributed by atoms with van der Waals surface area (Å²) < 4.78 is 16.7. The van der Waals surface area contributed by atoms with Crippen LogP contribution in [-0.2, 0) is 17.8 Å². The number of aromatic nitrogens is 2. The monoisotopic (exact) mass is 537 g/mol. The molecule has 0 amide bonds. The molecule has 3 N–H and O–H groups in total. The summed E-state index contributed by atoms with van der Waals surface area (Å²) in [5, 5.41) is 3.41. The molecule has 0 fully saturated rings. The molecule has 0 aliphatic carbocycles. The van der Waals surface area contributed by atoms with Crippen LogP contribution in [0.3, 0.4) is 0 Å². The number of aryl methyl sites for hydroxylation is 1. The lowest BCUT2D eigenvalue weighted by Crippen LogP contribution is -2.15. The van der Waals surface area contributed by atoms with E-state index in [0.29, 0.717) is 19.0 Å². The van der Waals surface area contributed by atoms with E-state index >= 15 is 0 Å². The van der Waals surface area contributed by atoms with Crippen LogP contribution in [0, 0.1) is 6.92 Å². The molecule has 214 valence electrons. The standard InChI is InChI=1S/C22H35N5O2.C9H12O/c1-6-7-11-24-21-19(16(2)25-22(23)26-21)14-17-9-10-18(15-20(17)28-5)29-13-8-12-27(3)4;1-2-10-8-9-6-4-3-5-7-9/h9-10,15H,6-8,11-14H2,1-5H3,(H3,23,24,25,26);3-7H,2,8H2,1H3. The zero-order valence-electron chi connectivity index (χ0n) is 24.6. The van der Waals surface area contributed by atoms with E-state index in [2.05, 4.69) is 53.3 Å². The number of nitrogens with zero attached hydrogens (tertiary/aromatic N) is 3. The number of rotatable bonds is 15. The van der Waals surface area contributed by atoms with Crippen LogP contribution in [0.4, 0.5) is 11.8 Å². The van der Waals surface area contributed by atoms with Gasteiger partial charge in [0.15, 0.2) is 0 Å². The summed E-state index contributed by atoms with van der Waals surface area (Å²) in [7, 11) is 5.81. The molecule has 2 aromatic carbocycles. The van der Waals surface area contributed by atoms with Crippen LogP contribution in [0.15, 0.2) is 48.5 Å². The van der Waals surface area contributed by atoms with Crippen LogP contribution in [0.25, 0.3) is 0 Å². The van der Waals surface area contributed by atoms with Crippen molar-refractivity contribution < 1.29 is 14.2 Å². The summed E-state index contributed by atoms with van der Waals surface area (Å²) in [4.78, 5) is 10.9. The molecule has 0 aliphatic rings. The number of anilines is 2. The number of nitrogens with two attached hydrogens (primary N) is 1. The highest BCUT2D eigenvalue weighted by Gasteiger charge is 2.14. The van der Waals surface area contributed by atoms with Crippen molar-refractivity contribution >= 4 is 11.8 Å². The molecule has 0 aliphatic heterocycles. The number of methoxy groups -OCH3 is 1. The third kappa shape index (κ3) is 11.9. The van der Waals surface area contributed by atoms with Crippen molar-refractivity contribution in [2.45, 2.75) is 53.1 Å². The van der Waals surface area contributed by atoms with E-state index in [-0.39, 0.29) is 0 Å². The molecule has 0 saturated carbocycles. The Bertz CT molecular complexity index is 1090. The van der Waals surface area contributed by atoms with E-state index in [1.165, 1.54) is 5.56 Å². The zero-order chi connectivity index (χ0) is 28.5. The highest BCUT2D eigenvalue weighted by Crippen LogP contribution is 2.30. The predicted octanol–water partition coefficient (Wildman–Crippen LogP) is 5.73. The first-order chi connectivity index (χ1) is 18.9. The molecule has 0 bridgehead atoms. The Morgan fingerprint density at radius 2 is 1.77 bits per heavy atom. The van der Waals surface area contributed by atoms with Crippen molar-refractivity contribution in [1.29, 1.82) is 0 Å². The van der Waals surface area contributed by atoms with Crippen LogP contribution >= 0.6 is 0 Å². The van der Waals surface area contributed by atoms with Gasteiger partial charge in [-0.25, -0.2) is 4.98 Å². The molecule has 39 heavy (non-hydrogen) atoms. The molecule has 0 radical (unpaired) electrons. The average Bonchev–Trinajstić information content (AvgIpc) is 2.93. The fraction of sp³-hybridized carbons (Fsp3) is 0.484. The summed E-state index contributed by atoms with van der Waals surface area (Å²) in [6, 6.07) is 16.2. The first-order valence-corrected chi connectivity index (χ1v) is 13.8. The summed E-state index contributed by atoms with van der Waals surface area (Å²) in [6.07, 6.45) is 3.83. The Morgan fingerprint density at radius 1 is 1.00 bits per heavy atom. The summed E-state index contributed by atoms with van der Waals surface area (Å²) in [6.45, 7) is 10.2. The van der Waals surface area contributed by atoms with Crippen molar-refractivity contribution in [2.75, 3.05) is 58.6 Å². The topological polar surface area (TPSA) is 94.8 Å². The highest BCUT2D eigenvalue weighted by atomic mass is 16.5. The van der Waals surface area contributed by atoms with Gasteiger partial charge in [0.2, 0.25) is 5.95 Å². The van der Waals surface area contributed by atoms with E-state index in [4.69, 9.17) is 19.9 Å². The fourth-order valence-electron chi connectivity index (χ4n) is 3.88. The van der Waals surface area contributed by atoms with Crippen molar-refractivity contribution in [1.82, 2.24) is 14.9 Å². The van der Waals surface area contributed by atoms with Crippen molar-refractivity contribution in [3.8, 4) is 11.5 Å². The minimum atomic E-state index is 0.290. The predicted molar refractivity (Wildman–Crippen MR) is 161 cm³/mol. The van der Waals surface area contributed by atoms with E-state index < -0.39 is 0 Å². The van der Waals surface area contributed by atoms with E-state index in [9.17, 15) is 0 Å². The number of ether oxygens (including phenoxy) is 3. The Balaban J connectivity index is 0.000000446. The van der Waals surface area contributed by atoms with Crippen LogP contribution < -0.4 is 20.5 Å². The molecule has 0 spiro atoms. The number of benzene rings is 2. The Labute approximate surface area is 234 Å². The van der Waals surface area contributed by atoms with Crippen molar-refractivity contribution in [3.63, 3.8) is 0 Å². The van der Waals surface area contributed by atoms with Gasteiger partial charge in [-0.3, -0.25) is 0 Å². The lowest BCUT2D eigenvalue weighted by atomic mass is 10.0. The first kappa shape index (κ1) is 31.9. The van der Waals surface area contributed by atoms with Gasteiger partial charge >= 0.3 is 0 Å². The molecule has 1 aromatic heterocycles.